The number of ether oxygens (including phenoxy) is 2. The maximum absolute atomic E-state index is 6.41. The summed E-state index contributed by atoms with van der Waals surface area (Å²) in [6, 6.07) is 10.6. The fourth-order valence-electron chi connectivity index (χ4n) is 2.99. The molecule has 0 spiro atoms. The molecule has 1 aromatic carbocycles. The largest absolute Gasteiger partial charge is 0.381 e. The van der Waals surface area contributed by atoms with Crippen LogP contribution in [0.1, 0.15) is 50.7 Å². The highest BCUT2D eigenvalue weighted by Gasteiger charge is 2.25. The molecule has 1 saturated carbocycles. The summed E-state index contributed by atoms with van der Waals surface area (Å²) in [7, 11) is 1.81. The fraction of sp³-hybridized carbons (Fsp3) is 0.667. The SMILES string of the molecule is CCCNCC(OC1CCCC(OC)C1)c1ccccc1. The minimum Gasteiger partial charge on any atom is -0.381 e. The Morgan fingerprint density at radius 1 is 1.19 bits per heavy atom. The van der Waals surface area contributed by atoms with Crippen LogP contribution in [0.2, 0.25) is 0 Å². The standard InChI is InChI=1S/C18H29NO2/c1-3-12-19-14-18(15-8-5-4-6-9-15)21-17-11-7-10-16(13-17)20-2/h4-6,8-9,16-19H,3,7,10-14H2,1-2H3. The second-order valence-corrected chi connectivity index (χ2v) is 5.89. The van der Waals surface area contributed by atoms with Gasteiger partial charge in [0.05, 0.1) is 18.3 Å². The van der Waals surface area contributed by atoms with Crippen LogP contribution in [0.5, 0.6) is 0 Å². The minimum absolute atomic E-state index is 0.137. The molecule has 2 rings (SSSR count). The molecular weight excluding hydrogens is 262 g/mol. The van der Waals surface area contributed by atoms with Gasteiger partial charge in [-0.05, 0) is 44.2 Å². The molecule has 0 heterocycles. The van der Waals surface area contributed by atoms with Crippen LogP contribution in [0.3, 0.4) is 0 Å². The molecule has 0 bridgehead atoms. The molecule has 0 aromatic heterocycles. The Bertz CT molecular complexity index is 382. The summed E-state index contributed by atoms with van der Waals surface area (Å²) in [5.74, 6) is 0. The number of benzene rings is 1. The van der Waals surface area contributed by atoms with Crippen molar-refractivity contribution in [3.05, 3.63) is 35.9 Å². The third-order valence-electron chi connectivity index (χ3n) is 4.20. The van der Waals surface area contributed by atoms with Crippen LogP contribution in [-0.4, -0.2) is 32.4 Å². The van der Waals surface area contributed by atoms with Crippen molar-refractivity contribution < 1.29 is 9.47 Å². The molecule has 0 radical (unpaired) electrons. The number of hydrogen-bond donors (Lipinski definition) is 1. The maximum Gasteiger partial charge on any atom is 0.0952 e. The van der Waals surface area contributed by atoms with Gasteiger partial charge in [0.15, 0.2) is 0 Å². The first-order valence-electron chi connectivity index (χ1n) is 8.27. The zero-order valence-electron chi connectivity index (χ0n) is 13.4. The van der Waals surface area contributed by atoms with Crippen molar-refractivity contribution in [2.75, 3.05) is 20.2 Å². The average molecular weight is 291 g/mol. The first-order chi connectivity index (χ1) is 10.3. The first-order valence-corrected chi connectivity index (χ1v) is 8.27. The van der Waals surface area contributed by atoms with Gasteiger partial charge in [-0.1, -0.05) is 37.3 Å². The van der Waals surface area contributed by atoms with E-state index in [2.05, 4.69) is 42.6 Å². The molecule has 1 aromatic rings. The Kier molecular flexibility index (Phi) is 7.20. The molecule has 118 valence electrons. The molecule has 3 unspecified atom stereocenters. The summed E-state index contributed by atoms with van der Waals surface area (Å²) < 4.78 is 11.9. The normalized spacial score (nSPS) is 23.9. The Hall–Kier alpha value is -0.900. The third-order valence-corrected chi connectivity index (χ3v) is 4.20. The van der Waals surface area contributed by atoms with Gasteiger partial charge in [-0.2, -0.15) is 0 Å². The van der Waals surface area contributed by atoms with Gasteiger partial charge < -0.3 is 14.8 Å². The van der Waals surface area contributed by atoms with Gasteiger partial charge in [-0.15, -0.1) is 0 Å². The summed E-state index contributed by atoms with van der Waals surface area (Å²) in [4.78, 5) is 0. The van der Waals surface area contributed by atoms with Crippen LogP contribution < -0.4 is 5.32 Å². The fourth-order valence-corrected chi connectivity index (χ4v) is 2.99. The third kappa shape index (κ3) is 5.42. The monoisotopic (exact) mass is 291 g/mol. The van der Waals surface area contributed by atoms with Crippen LogP contribution >= 0.6 is 0 Å². The molecule has 0 saturated heterocycles. The van der Waals surface area contributed by atoms with E-state index in [0.29, 0.717) is 12.2 Å². The van der Waals surface area contributed by atoms with E-state index in [9.17, 15) is 0 Å². The van der Waals surface area contributed by atoms with E-state index >= 15 is 0 Å². The summed E-state index contributed by atoms with van der Waals surface area (Å²) in [6.45, 7) is 4.11. The zero-order chi connectivity index (χ0) is 14.9. The molecule has 1 N–H and O–H groups in total. The Labute approximate surface area is 129 Å². The summed E-state index contributed by atoms with van der Waals surface area (Å²) >= 11 is 0. The van der Waals surface area contributed by atoms with Crippen LogP contribution in [0, 0.1) is 0 Å². The van der Waals surface area contributed by atoms with E-state index in [1.807, 2.05) is 7.11 Å². The van der Waals surface area contributed by atoms with Gasteiger partial charge in [0.1, 0.15) is 0 Å². The van der Waals surface area contributed by atoms with E-state index in [-0.39, 0.29) is 6.10 Å². The average Bonchev–Trinajstić information content (AvgIpc) is 2.55. The van der Waals surface area contributed by atoms with Crippen molar-refractivity contribution in [1.82, 2.24) is 5.32 Å². The summed E-state index contributed by atoms with van der Waals surface area (Å²) in [6.07, 6.45) is 6.51. The minimum atomic E-state index is 0.137. The molecule has 21 heavy (non-hydrogen) atoms. The van der Waals surface area contributed by atoms with E-state index in [0.717, 1.165) is 32.4 Å². The molecule has 1 aliphatic carbocycles. The quantitative estimate of drug-likeness (QED) is 0.741. The van der Waals surface area contributed by atoms with Crippen LogP contribution in [0.25, 0.3) is 0 Å². The van der Waals surface area contributed by atoms with E-state index in [1.54, 1.807) is 0 Å². The summed E-state index contributed by atoms with van der Waals surface area (Å²) in [5.41, 5.74) is 1.26. The predicted octanol–water partition coefficient (Wildman–Crippen LogP) is 3.70. The number of nitrogens with one attached hydrogen (secondary N) is 1. The molecule has 1 aliphatic rings. The van der Waals surface area contributed by atoms with Crippen LogP contribution in [0.15, 0.2) is 30.3 Å². The molecule has 3 heteroatoms. The lowest BCUT2D eigenvalue weighted by atomic mass is 9.94. The van der Waals surface area contributed by atoms with E-state index in [1.165, 1.54) is 18.4 Å². The lowest BCUT2D eigenvalue weighted by Gasteiger charge is -2.31. The second kappa shape index (κ2) is 9.19. The molecular formula is C18H29NO2. The molecule has 1 fully saturated rings. The van der Waals surface area contributed by atoms with Gasteiger partial charge >= 0.3 is 0 Å². The predicted molar refractivity (Wildman–Crippen MR) is 86.5 cm³/mol. The van der Waals surface area contributed by atoms with Crippen molar-refractivity contribution in [2.45, 2.75) is 57.3 Å². The molecule has 0 aliphatic heterocycles. The lowest BCUT2D eigenvalue weighted by Crippen LogP contribution is -2.32. The van der Waals surface area contributed by atoms with Crippen molar-refractivity contribution in [3.8, 4) is 0 Å². The van der Waals surface area contributed by atoms with E-state index in [4.69, 9.17) is 9.47 Å². The van der Waals surface area contributed by atoms with Crippen LogP contribution in [-0.2, 0) is 9.47 Å². The van der Waals surface area contributed by atoms with Crippen molar-refractivity contribution in [1.29, 1.82) is 0 Å². The first kappa shape index (κ1) is 16.5. The van der Waals surface area contributed by atoms with Gasteiger partial charge in [0.2, 0.25) is 0 Å². The molecule has 0 amide bonds. The van der Waals surface area contributed by atoms with Gasteiger partial charge in [-0.3, -0.25) is 0 Å². The Balaban J connectivity index is 1.94. The number of hydrogen-bond acceptors (Lipinski definition) is 3. The van der Waals surface area contributed by atoms with Gasteiger partial charge in [0, 0.05) is 13.7 Å². The van der Waals surface area contributed by atoms with Gasteiger partial charge in [0.25, 0.3) is 0 Å². The molecule has 3 atom stereocenters. The number of methoxy groups -OCH3 is 1. The topological polar surface area (TPSA) is 30.5 Å². The maximum atomic E-state index is 6.41. The Morgan fingerprint density at radius 3 is 2.67 bits per heavy atom. The van der Waals surface area contributed by atoms with Crippen molar-refractivity contribution >= 4 is 0 Å². The smallest absolute Gasteiger partial charge is 0.0952 e. The second-order valence-electron chi connectivity index (χ2n) is 5.89. The van der Waals surface area contributed by atoms with Crippen molar-refractivity contribution in [3.63, 3.8) is 0 Å². The number of rotatable bonds is 8. The highest BCUT2D eigenvalue weighted by Crippen LogP contribution is 2.28. The van der Waals surface area contributed by atoms with Crippen LogP contribution in [0.4, 0.5) is 0 Å². The van der Waals surface area contributed by atoms with Gasteiger partial charge in [-0.25, -0.2) is 0 Å². The highest BCUT2D eigenvalue weighted by atomic mass is 16.5. The van der Waals surface area contributed by atoms with Crippen molar-refractivity contribution in [2.24, 2.45) is 0 Å². The lowest BCUT2D eigenvalue weighted by molar-refractivity contribution is -0.0655. The Morgan fingerprint density at radius 2 is 1.95 bits per heavy atom. The zero-order valence-corrected chi connectivity index (χ0v) is 13.4. The molecule has 3 nitrogen and oxygen atoms in total. The van der Waals surface area contributed by atoms with E-state index < -0.39 is 0 Å². The highest BCUT2D eigenvalue weighted by molar-refractivity contribution is 5.18. The summed E-state index contributed by atoms with van der Waals surface area (Å²) in [5, 5.41) is 3.49.